The average Bonchev–Trinajstić information content (AvgIpc) is 2.71. The van der Waals surface area contributed by atoms with Crippen LogP contribution in [0.1, 0.15) is 60.7 Å². The molecule has 0 aliphatic carbocycles. The highest BCUT2D eigenvalue weighted by molar-refractivity contribution is 5.92. The van der Waals surface area contributed by atoms with E-state index in [1.54, 1.807) is 13.8 Å². The fourth-order valence-corrected chi connectivity index (χ4v) is 1.96. The summed E-state index contributed by atoms with van der Waals surface area (Å²) in [7, 11) is 0. The van der Waals surface area contributed by atoms with Crippen molar-refractivity contribution >= 4 is 11.9 Å². The molecule has 20 heavy (non-hydrogen) atoms. The smallest absolute Gasteiger partial charge is 0.303 e. The molecule has 0 spiro atoms. The van der Waals surface area contributed by atoms with Crippen LogP contribution < -0.4 is 5.32 Å². The van der Waals surface area contributed by atoms with Crippen LogP contribution in [0.4, 0.5) is 0 Å². The minimum atomic E-state index is -0.741. The molecule has 0 aliphatic heterocycles. The summed E-state index contributed by atoms with van der Waals surface area (Å²) in [6, 6.07) is 0. The van der Waals surface area contributed by atoms with Gasteiger partial charge in [0.2, 0.25) is 5.76 Å². The molecule has 0 aromatic carbocycles. The van der Waals surface area contributed by atoms with E-state index in [9.17, 15) is 9.59 Å². The number of nitrogens with one attached hydrogen (secondary N) is 1. The maximum absolute atomic E-state index is 11.8. The van der Waals surface area contributed by atoms with Crippen LogP contribution in [0.3, 0.4) is 0 Å². The van der Waals surface area contributed by atoms with Crippen LogP contribution in [-0.4, -0.2) is 28.5 Å². The zero-order valence-corrected chi connectivity index (χ0v) is 12.1. The quantitative estimate of drug-likeness (QED) is 0.679. The standard InChI is InChI=1S/C14H22N2O4/c1-10-13(20-11(2)16-10)14(19)15-9-7-5-3-4-6-8-12(17)18/h3-9H2,1-2H3,(H,15,19)(H,17,18). The number of hydrogen-bond donors (Lipinski definition) is 2. The predicted molar refractivity (Wildman–Crippen MR) is 73.6 cm³/mol. The topological polar surface area (TPSA) is 92.4 Å². The normalized spacial score (nSPS) is 10.5. The zero-order valence-electron chi connectivity index (χ0n) is 12.1. The number of carboxylic acid groups (broad SMARTS) is 1. The molecule has 0 saturated carbocycles. The monoisotopic (exact) mass is 282 g/mol. The Morgan fingerprint density at radius 1 is 1.15 bits per heavy atom. The molecule has 1 heterocycles. The summed E-state index contributed by atoms with van der Waals surface area (Å²) in [5.74, 6) is -0.195. The van der Waals surface area contributed by atoms with E-state index in [2.05, 4.69) is 10.3 Å². The van der Waals surface area contributed by atoms with Crippen LogP contribution in [0.25, 0.3) is 0 Å². The Morgan fingerprint density at radius 3 is 2.40 bits per heavy atom. The number of amides is 1. The van der Waals surface area contributed by atoms with Gasteiger partial charge in [-0.05, 0) is 19.8 Å². The van der Waals surface area contributed by atoms with Crippen LogP contribution in [0, 0.1) is 13.8 Å². The summed E-state index contributed by atoms with van der Waals surface area (Å²) in [5, 5.41) is 11.3. The average molecular weight is 282 g/mol. The highest BCUT2D eigenvalue weighted by Crippen LogP contribution is 2.09. The Labute approximate surface area is 118 Å². The van der Waals surface area contributed by atoms with Gasteiger partial charge in [-0.2, -0.15) is 0 Å². The first-order valence-electron chi connectivity index (χ1n) is 6.94. The van der Waals surface area contributed by atoms with Crippen molar-refractivity contribution in [2.75, 3.05) is 6.54 Å². The van der Waals surface area contributed by atoms with Gasteiger partial charge in [0.05, 0.1) is 5.69 Å². The molecule has 2 N–H and O–H groups in total. The predicted octanol–water partition coefficient (Wildman–Crippen LogP) is 2.45. The van der Waals surface area contributed by atoms with Crippen molar-refractivity contribution in [2.24, 2.45) is 0 Å². The maximum atomic E-state index is 11.8. The summed E-state index contributed by atoms with van der Waals surface area (Å²) in [5.41, 5.74) is 0.605. The van der Waals surface area contributed by atoms with Crippen LogP contribution in [0.5, 0.6) is 0 Å². The van der Waals surface area contributed by atoms with Crippen molar-refractivity contribution in [1.29, 1.82) is 0 Å². The molecule has 0 unspecified atom stereocenters. The lowest BCUT2D eigenvalue weighted by molar-refractivity contribution is -0.137. The van der Waals surface area contributed by atoms with E-state index in [0.717, 1.165) is 32.1 Å². The molecule has 1 aromatic heterocycles. The third kappa shape index (κ3) is 5.86. The minimum Gasteiger partial charge on any atom is -0.481 e. The van der Waals surface area contributed by atoms with Gasteiger partial charge < -0.3 is 14.8 Å². The molecule has 112 valence electrons. The van der Waals surface area contributed by atoms with Crippen molar-refractivity contribution in [1.82, 2.24) is 10.3 Å². The van der Waals surface area contributed by atoms with E-state index in [-0.39, 0.29) is 18.1 Å². The highest BCUT2D eigenvalue weighted by atomic mass is 16.4. The summed E-state index contributed by atoms with van der Waals surface area (Å²) >= 11 is 0. The number of aromatic nitrogens is 1. The largest absolute Gasteiger partial charge is 0.481 e. The number of oxazole rings is 1. The van der Waals surface area contributed by atoms with Crippen LogP contribution >= 0.6 is 0 Å². The summed E-state index contributed by atoms with van der Waals surface area (Å²) in [6.07, 6.45) is 4.72. The van der Waals surface area contributed by atoms with Crippen LogP contribution in [0.15, 0.2) is 4.42 Å². The Balaban J connectivity index is 2.08. The lowest BCUT2D eigenvalue weighted by atomic mass is 10.1. The molecule has 6 heteroatoms. The molecule has 0 bridgehead atoms. The SMILES string of the molecule is Cc1nc(C)c(C(=O)NCCCCCCCC(=O)O)o1. The number of aryl methyl sites for hydroxylation is 2. The second-order valence-electron chi connectivity index (χ2n) is 4.81. The van der Waals surface area contributed by atoms with Gasteiger partial charge in [-0.3, -0.25) is 9.59 Å². The first-order chi connectivity index (χ1) is 9.50. The van der Waals surface area contributed by atoms with Gasteiger partial charge in [0.1, 0.15) is 0 Å². The Kier molecular flexibility index (Phi) is 6.76. The fraction of sp³-hybridized carbons (Fsp3) is 0.643. The molecule has 0 aliphatic rings. The number of carbonyl (C=O) groups excluding carboxylic acids is 1. The fourth-order valence-electron chi connectivity index (χ4n) is 1.96. The zero-order chi connectivity index (χ0) is 15.0. The number of nitrogens with zero attached hydrogens (tertiary/aromatic N) is 1. The van der Waals surface area contributed by atoms with Gasteiger partial charge in [0.15, 0.2) is 5.89 Å². The lowest BCUT2D eigenvalue weighted by Gasteiger charge is -2.03. The van der Waals surface area contributed by atoms with E-state index in [0.29, 0.717) is 18.1 Å². The molecule has 0 fully saturated rings. The molecule has 1 rings (SSSR count). The van der Waals surface area contributed by atoms with Gasteiger partial charge in [0, 0.05) is 19.9 Å². The van der Waals surface area contributed by atoms with E-state index in [1.807, 2.05) is 0 Å². The van der Waals surface area contributed by atoms with E-state index < -0.39 is 5.97 Å². The number of carboxylic acids is 1. The Hall–Kier alpha value is -1.85. The molecule has 1 aromatic rings. The number of aliphatic carboxylic acids is 1. The third-order valence-corrected chi connectivity index (χ3v) is 2.96. The molecule has 0 saturated heterocycles. The highest BCUT2D eigenvalue weighted by Gasteiger charge is 2.14. The van der Waals surface area contributed by atoms with Crippen molar-refractivity contribution in [3.05, 3.63) is 17.3 Å². The van der Waals surface area contributed by atoms with E-state index in [1.165, 1.54) is 0 Å². The van der Waals surface area contributed by atoms with E-state index in [4.69, 9.17) is 9.52 Å². The van der Waals surface area contributed by atoms with Crippen LogP contribution in [-0.2, 0) is 4.79 Å². The lowest BCUT2D eigenvalue weighted by Crippen LogP contribution is -2.24. The van der Waals surface area contributed by atoms with Crippen molar-refractivity contribution in [3.63, 3.8) is 0 Å². The second-order valence-corrected chi connectivity index (χ2v) is 4.81. The van der Waals surface area contributed by atoms with E-state index >= 15 is 0 Å². The first kappa shape index (κ1) is 16.2. The van der Waals surface area contributed by atoms with Crippen LogP contribution in [0.2, 0.25) is 0 Å². The van der Waals surface area contributed by atoms with Gasteiger partial charge in [-0.1, -0.05) is 19.3 Å². The number of carbonyl (C=O) groups is 2. The summed E-state index contributed by atoms with van der Waals surface area (Å²) < 4.78 is 5.23. The van der Waals surface area contributed by atoms with Gasteiger partial charge in [-0.15, -0.1) is 0 Å². The van der Waals surface area contributed by atoms with Gasteiger partial charge in [0.25, 0.3) is 5.91 Å². The van der Waals surface area contributed by atoms with Gasteiger partial charge in [-0.25, -0.2) is 4.98 Å². The Bertz CT molecular complexity index is 454. The molecule has 0 atom stereocenters. The second kappa shape index (κ2) is 8.35. The minimum absolute atomic E-state index is 0.228. The number of unbranched alkanes of at least 4 members (excludes halogenated alkanes) is 4. The van der Waals surface area contributed by atoms with Crippen molar-refractivity contribution < 1.29 is 19.1 Å². The third-order valence-electron chi connectivity index (χ3n) is 2.96. The molecular weight excluding hydrogens is 260 g/mol. The molecule has 6 nitrogen and oxygen atoms in total. The maximum Gasteiger partial charge on any atom is 0.303 e. The molecular formula is C14H22N2O4. The van der Waals surface area contributed by atoms with Gasteiger partial charge >= 0.3 is 5.97 Å². The summed E-state index contributed by atoms with van der Waals surface area (Å²) in [6.45, 7) is 4.05. The molecule has 0 radical (unpaired) electrons. The summed E-state index contributed by atoms with van der Waals surface area (Å²) in [4.78, 5) is 26.1. The first-order valence-corrected chi connectivity index (χ1v) is 6.94. The Morgan fingerprint density at radius 2 is 1.80 bits per heavy atom. The molecule has 1 amide bonds. The number of rotatable bonds is 9. The van der Waals surface area contributed by atoms with Crippen molar-refractivity contribution in [2.45, 2.75) is 52.4 Å². The number of hydrogen-bond acceptors (Lipinski definition) is 4. The van der Waals surface area contributed by atoms with Crippen molar-refractivity contribution in [3.8, 4) is 0 Å².